The van der Waals surface area contributed by atoms with Crippen LogP contribution in [-0.4, -0.2) is 34.9 Å². The lowest BCUT2D eigenvalue weighted by molar-refractivity contribution is -0.123. The zero-order valence-electron chi connectivity index (χ0n) is 31.8. The van der Waals surface area contributed by atoms with Crippen molar-refractivity contribution in [1.82, 2.24) is 5.32 Å². The highest BCUT2D eigenvalue weighted by molar-refractivity contribution is 5.76. The molecule has 0 heterocycles. The number of hydrogen-bond donors (Lipinski definition) is 3. The fourth-order valence-corrected chi connectivity index (χ4v) is 6.45. The van der Waals surface area contributed by atoms with E-state index in [9.17, 15) is 15.0 Å². The van der Waals surface area contributed by atoms with Gasteiger partial charge in [0.1, 0.15) is 0 Å². The minimum Gasteiger partial charge on any atom is -0.394 e. The number of aliphatic hydroxyl groups excluding tert-OH is 2. The SMILES string of the molecule is CCCCCC/C=C\C/C=C\CCCCCCCC(=O)NC(CO)C(O)CCCCCCCCCCCCCCCCCCCCC. The molecule has 0 aromatic heterocycles. The average Bonchev–Trinajstić information content (AvgIpc) is 3.07. The summed E-state index contributed by atoms with van der Waals surface area (Å²) in [7, 11) is 0. The van der Waals surface area contributed by atoms with Crippen molar-refractivity contribution in [2.45, 2.75) is 238 Å². The molecule has 0 spiro atoms. The number of amides is 1. The Balaban J connectivity index is 3.54. The molecule has 0 aromatic rings. The summed E-state index contributed by atoms with van der Waals surface area (Å²) in [4.78, 5) is 12.4. The van der Waals surface area contributed by atoms with Crippen LogP contribution in [0.4, 0.5) is 0 Å². The lowest BCUT2D eigenvalue weighted by Gasteiger charge is -2.22. The van der Waals surface area contributed by atoms with E-state index in [0.717, 1.165) is 44.9 Å². The van der Waals surface area contributed by atoms with Gasteiger partial charge in [0, 0.05) is 6.42 Å². The lowest BCUT2D eigenvalue weighted by Crippen LogP contribution is -2.45. The summed E-state index contributed by atoms with van der Waals surface area (Å²) in [6.45, 7) is 4.34. The van der Waals surface area contributed by atoms with E-state index in [2.05, 4.69) is 43.5 Å². The molecule has 4 heteroatoms. The Bertz CT molecular complexity index is 676. The summed E-state index contributed by atoms with van der Waals surface area (Å²) in [5.74, 6) is -0.0439. The molecule has 4 nitrogen and oxygen atoms in total. The number of carbonyl (C=O) groups is 1. The third-order valence-corrected chi connectivity index (χ3v) is 9.72. The van der Waals surface area contributed by atoms with Crippen LogP contribution in [0.15, 0.2) is 24.3 Å². The van der Waals surface area contributed by atoms with Crippen LogP contribution < -0.4 is 5.32 Å². The fraction of sp³-hybridized carbons (Fsp3) is 0.884. The maximum Gasteiger partial charge on any atom is 0.220 e. The second-order valence-electron chi connectivity index (χ2n) is 14.4. The molecule has 47 heavy (non-hydrogen) atoms. The monoisotopic (exact) mass is 662 g/mol. The summed E-state index contributed by atoms with van der Waals surface area (Å²) >= 11 is 0. The smallest absolute Gasteiger partial charge is 0.220 e. The second-order valence-corrected chi connectivity index (χ2v) is 14.4. The Morgan fingerprint density at radius 2 is 0.872 bits per heavy atom. The van der Waals surface area contributed by atoms with Crippen LogP contribution >= 0.6 is 0 Å². The first kappa shape index (κ1) is 45.9. The third-order valence-electron chi connectivity index (χ3n) is 9.72. The van der Waals surface area contributed by atoms with Gasteiger partial charge < -0.3 is 15.5 Å². The highest BCUT2D eigenvalue weighted by Crippen LogP contribution is 2.16. The summed E-state index contributed by atoms with van der Waals surface area (Å²) in [5.41, 5.74) is 0. The molecule has 0 rings (SSSR count). The highest BCUT2D eigenvalue weighted by atomic mass is 16.3. The minimum absolute atomic E-state index is 0.0439. The van der Waals surface area contributed by atoms with Gasteiger partial charge in [-0.1, -0.05) is 199 Å². The number of hydrogen-bond acceptors (Lipinski definition) is 3. The lowest BCUT2D eigenvalue weighted by atomic mass is 10.0. The van der Waals surface area contributed by atoms with E-state index in [-0.39, 0.29) is 12.5 Å². The molecule has 0 aliphatic rings. The van der Waals surface area contributed by atoms with Crippen molar-refractivity contribution in [2.75, 3.05) is 6.61 Å². The van der Waals surface area contributed by atoms with Crippen LogP contribution in [0.5, 0.6) is 0 Å². The zero-order chi connectivity index (χ0) is 34.3. The first-order chi connectivity index (χ1) is 23.2. The van der Waals surface area contributed by atoms with E-state index < -0.39 is 12.1 Å². The number of carbonyl (C=O) groups excluding carboxylic acids is 1. The molecule has 0 fully saturated rings. The van der Waals surface area contributed by atoms with E-state index >= 15 is 0 Å². The Morgan fingerprint density at radius 3 is 1.30 bits per heavy atom. The molecule has 0 bridgehead atoms. The van der Waals surface area contributed by atoms with Gasteiger partial charge in [-0.25, -0.2) is 0 Å². The van der Waals surface area contributed by atoms with Gasteiger partial charge in [-0.15, -0.1) is 0 Å². The van der Waals surface area contributed by atoms with E-state index in [1.54, 1.807) is 0 Å². The molecule has 0 aliphatic heterocycles. The summed E-state index contributed by atoms with van der Waals surface area (Å²) in [6.07, 6.45) is 49.6. The van der Waals surface area contributed by atoms with Gasteiger partial charge in [0.05, 0.1) is 18.8 Å². The molecule has 0 aliphatic carbocycles. The molecule has 2 atom stereocenters. The van der Waals surface area contributed by atoms with E-state index in [1.165, 1.54) is 154 Å². The third kappa shape index (κ3) is 36.0. The molecule has 0 saturated heterocycles. The molecule has 0 aromatic carbocycles. The van der Waals surface area contributed by atoms with Gasteiger partial charge in [-0.3, -0.25) is 4.79 Å². The van der Waals surface area contributed by atoms with Crippen LogP contribution in [0.3, 0.4) is 0 Å². The van der Waals surface area contributed by atoms with Crippen molar-refractivity contribution in [3.63, 3.8) is 0 Å². The Labute approximate surface area is 294 Å². The van der Waals surface area contributed by atoms with E-state index in [0.29, 0.717) is 12.8 Å². The molecule has 3 N–H and O–H groups in total. The predicted octanol–water partition coefficient (Wildman–Crippen LogP) is 12.8. The van der Waals surface area contributed by atoms with Crippen LogP contribution in [0, 0.1) is 0 Å². The van der Waals surface area contributed by atoms with Gasteiger partial charge in [0.2, 0.25) is 5.91 Å². The molecule has 278 valence electrons. The van der Waals surface area contributed by atoms with Gasteiger partial charge in [-0.05, 0) is 44.9 Å². The number of unbranched alkanes of at least 4 members (excludes halogenated alkanes) is 27. The summed E-state index contributed by atoms with van der Waals surface area (Å²) < 4.78 is 0. The van der Waals surface area contributed by atoms with Crippen molar-refractivity contribution in [2.24, 2.45) is 0 Å². The Kier molecular flexibility index (Phi) is 38.4. The average molecular weight is 662 g/mol. The van der Waals surface area contributed by atoms with Crippen molar-refractivity contribution in [1.29, 1.82) is 0 Å². The minimum atomic E-state index is -0.663. The number of nitrogens with one attached hydrogen (secondary N) is 1. The van der Waals surface area contributed by atoms with Gasteiger partial charge >= 0.3 is 0 Å². The first-order valence-electron chi connectivity index (χ1n) is 21.0. The van der Waals surface area contributed by atoms with Crippen LogP contribution in [0.1, 0.15) is 226 Å². The molecule has 0 radical (unpaired) electrons. The van der Waals surface area contributed by atoms with Crippen molar-refractivity contribution in [3.8, 4) is 0 Å². The molecule has 0 saturated carbocycles. The largest absolute Gasteiger partial charge is 0.394 e. The van der Waals surface area contributed by atoms with Crippen LogP contribution in [0.2, 0.25) is 0 Å². The quantitative estimate of drug-likeness (QED) is 0.0455. The van der Waals surface area contributed by atoms with Crippen molar-refractivity contribution < 1.29 is 15.0 Å². The molecular weight excluding hydrogens is 578 g/mol. The fourth-order valence-electron chi connectivity index (χ4n) is 6.45. The standard InChI is InChI=1S/C43H83NO3/c1-3-5-7-9-11-13-15-17-19-21-22-23-24-26-28-30-32-34-36-38-42(46)41(40-45)44-43(47)39-37-35-33-31-29-27-25-20-18-16-14-12-10-8-6-4-2/h14,16,20,25,41-42,45-46H,3-13,15,17-19,21-24,26-40H2,1-2H3,(H,44,47)/b16-14-,25-20-. The molecule has 2 unspecified atom stereocenters. The van der Waals surface area contributed by atoms with E-state index in [1.807, 2.05) is 0 Å². The maximum atomic E-state index is 12.4. The number of rotatable bonds is 38. The van der Waals surface area contributed by atoms with Crippen molar-refractivity contribution >= 4 is 5.91 Å². The maximum absolute atomic E-state index is 12.4. The van der Waals surface area contributed by atoms with Crippen LogP contribution in [-0.2, 0) is 4.79 Å². The first-order valence-corrected chi connectivity index (χ1v) is 21.0. The Hall–Kier alpha value is -1.13. The predicted molar refractivity (Wildman–Crippen MR) is 207 cm³/mol. The molecular formula is C43H83NO3. The number of allylic oxidation sites excluding steroid dienone is 4. The van der Waals surface area contributed by atoms with Gasteiger partial charge in [0.25, 0.3) is 0 Å². The highest BCUT2D eigenvalue weighted by Gasteiger charge is 2.19. The second kappa shape index (κ2) is 39.3. The van der Waals surface area contributed by atoms with E-state index in [4.69, 9.17) is 0 Å². The Morgan fingerprint density at radius 1 is 0.511 bits per heavy atom. The summed E-state index contributed by atoms with van der Waals surface area (Å²) in [6, 6.07) is -0.541. The van der Waals surface area contributed by atoms with Crippen LogP contribution in [0.25, 0.3) is 0 Å². The normalized spacial score (nSPS) is 13.2. The topological polar surface area (TPSA) is 69.6 Å². The summed E-state index contributed by atoms with van der Waals surface area (Å²) in [5, 5.41) is 23.1. The van der Waals surface area contributed by atoms with Gasteiger partial charge in [-0.2, -0.15) is 0 Å². The number of aliphatic hydroxyl groups is 2. The zero-order valence-corrected chi connectivity index (χ0v) is 31.8. The molecule has 1 amide bonds. The van der Waals surface area contributed by atoms with Gasteiger partial charge in [0.15, 0.2) is 0 Å². The van der Waals surface area contributed by atoms with Crippen molar-refractivity contribution in [3.05, 3.63) is 24.3 Å².